The fraction of sp³-hybridized carbons (Fsp3) is 0.0833. The number of imidazole rings is 1. The average molecular weight is 297 g/mol. The van der Waals surface area contributed by atoms with E-state index in [0.29, 0.717) is 28.4 Å². The zero-order valence-corrected chi connectivity index (χ0v) is 11.0. The number of aromatic nitrogens is 4. The van der Waals surface area contributed by atoms with Gasteiger partial charge >= 0.3 is 0 Å². The predicted molar refractivity (Wildman–Crippen MR) is 70.8 cm³/mol. The number of benzene rings is 1. The summed E-state index contributed by atoms with van der Waals surface area (Å²) in [5.74, 6) is 0.178. The Bertz CT molecular complexity index is 739. The van der Waals surface area contributed by atoms with Gasteiger partial charge in [-0.25, -0.2) is 19.3 Å². The minimum Gasteiger partial charge on any atom is -0.307 e. The van der Waals surface area contributed by atoms with Crippen molar-refractivity contribution in [3.05, 3.63) is 52.5 Å². The maximum atomic E-state index is 13.3. The van der Waals surface area contributed by atoms with Crippen molar-refractivity contribution in [2.75, 3.05) is 0 Å². The highest BCUT2D eigenvalue weighted by molar-refractivity contribution is 6.30. The van der Waals surface area contributed by atoms with Crippen LogP contribution in [-0.4, -0.2) is 19.5 Å². The number of nitrogens with zero attached hydrogens (tertiary/aromatic N) is 4. The highest BCUT2D eigenvalue weighted by Gasteiger charge is 2.11. The Morgan fingerprint density at radius 1 is 1.16 bits per heavy atom. The van der Waals surface area contributed by atoms with Crippen molar-refractivity contribution >= 4 is 34.2 Å². The molecule has 19 heavy (non-hydrogen) atoms. The molecule has 7 heteroatoms. The lowest BCUT2D eigenvalue weighted by atomic mass is 10.3. The Kier molecular flexibility index (Phi) is 3.08. The van der Waals surface area contributed by atoms with E-state index in [-0.39, 0.29) is 11.1 Å². The van der Waals surface area contributed by atoms with Crippen molar-refractivity contribution in [1.29, 1.82) is 0 Å². The van der Waals surface area contributed by atoms with Gasteiger partial charge in [-0.05, 0) is 29.8 Å². The maximum Gasteiger partial charge on any atom is 0.204 e. The van der Waals surface area contributed by atoms with Crippen LogP contribution in [0.3, 0.4) is 0 Å². The number of hydrogen-bond donors (Lipinski definition) is 0. The topological polar surface area (TPSA) is 43.6 Å². The summed E-state index contributed by atoms with van der Waals surface area (Å²) in [5.41, 5.74) is 1.23. The first-order chi connectivity index (χ1) is 9.13. The quantitative estimate of drug-likeness (QED) is 0.729. The first-order valence-electron chi connectivity index (χ1n) is 5.41. The normalized spacial score (nSPS) is 11.1. The van der Waals surface area contributed by atoms with Crippen LogP contribution in [-0.2, 0) is 6.54 Å². The van der Waals surface area contributed by atoms with E-state index in [1.54, 1.807) is 10.6 Å². The first kappa shape index (κ1) is 12.3. The van der Waals surface area contributed by atoms with Crippen LogP contribution < -0.4 is 0 Å². The van der Waals surface area contributed by atoms with Crippen LogP contribution >= 0.6 is 23.2 Å². The van der Waals surface area contributed by atoms with Crippen LogP contribution in [0.15, 0.2) is 30.6 Å². The van der Waals surface area contributed by atoms with Crippen molar-refractivity contribution < 1.29 is 4.39 Å². The Labute approximate surface area is 117 Å². The molecule has 3 aromatic rings. The zero-order valence-electron chi connectivity index (χ0n) is 9.52. The van der Waals surface area contributed by atoms with Gasteiger partial charge in [0.05, 0.1) is 22.6 Å². The van der Waals surface area contributed by atoms with Crippen LogP contribution in [0.4, 0.5) is 4.39 Å². The zero-order chi connectivity index (χ0) is 13.4. The van der Waals surface area contributed by atoms with Gasteiger partial charge in [0.1, 0.15) is 11.6 Å². The summed E-state index contributed by atoms with van der Waals surface area (Å²) in [5, 5.41) is 0.718. The minimum absolute atomic E-state index is 0.263. The molecular formula is C12H7Cl2FN4. The van der Waals surface area contributed by atoms with Crippen LogP contribution in [0, 0.1) is 5.82 Å². The molecule has 96 valence electrons. The summed E-state index contributed by atoms with van der Waals surface area (Å²) in [6.07, 6.45) is 3.00. The molecule has 0 atom stereocenters. The summed E-state index contributed by atoms with van der Waals surface area (Å²) in [6, 6.07) is 4.30. The summed E-state index contributed by atoms with van der Waals surface area (Å²) < 4.78 is 14.9. The Balaban J connectivity index is 2.06. The van der Waals surface area contributed by atoms with Gasteiger partial charge in [0.25, 0.3) is 0 Å². The second-order valence-corrected chi connectivity index (χ2v) is 4.69. The Morgan fingerprint density at radius 3 is 2.63 bits per heavy atom. The number of halogens is 3. The van der Waals surface area contributed by atoms with Crippen LogP contribution in [0.1, 0.15) is 5.82 Å². The summed E-state index contributed by atoms with van der Waals surface area (Å²) >= 11 is 11.8. The summed E-state index contributed by atoms with van der Waals surface area (Å²) in [7, 11) is 0. The molecule has 0 unspecified atom stereocenters. The van der Waals surface area contributed by atoms with E-state index >= 15 is 0 Å². The van der Waals surface area contributed by atoms with Gasteiger partial charge in [0.2, 0.25) is 5.28 Å². The Hall–Kier alpha value is -1.72. The van der Waals surface area contributed by atoms with Gasteiger partial charge in [-0.15, -0.1) is 0 Å². The molecule has 0 bridgehead atoms. The molecule has 0 N–H and O–H groups in total. The van der Waals surface area contributed by atoms with E-state index in [2.05, 4.69) is 15.0 Å². The van der Waals surface area contributed by atoms with E-state index in [9.17, 15) is 4.39 Å². The number of rotatable bonds is 2. The van der Waals surface area contributed by atoms with Crippen LogP contribution in [0.25, 0.3) is 11.0 Å². The lowest BCUT2D eigenvalue weighted by molar-refractivity contribution is 0.628. The molecule has 4 nitrogen and oxygen atoms in total. The molecule has 2 aromatic heterocycles. The third-order valence-electron chi connectivity index (χ3n) is 2.64. The van der Waals surface area contributed by atoms with Crippen molar-refractivity contribution in [2.24, 2.45) is 0 Å². The molecule has 2 heterocycles. The molecule has 0 amide bonds. The lowest BCUT2D eigenvalue weighted by Gasteiger charge is -2.04. The molecule has 1 aromatic carbocycles. The Morgan fingerprint density at radius 2 is 1.89 bits per heavy atom. The highest BCUT2D eigenvalue weighted by Crippen LogP contribution is 2.21. The van der Waals surface area contributed by atoms with E-state index in [1.807, 2.05) is 0 Å². The molecule has 0 aliphatic heterocycles. The van der Waals surface area contributed by atoms with Crippen molar-refractivity contribution in [3.8, 4) is 0 Å². The van der Waals surface area contributed by atoms with Gasteiger partial charge in [-0.2, -0.15) is 0 Å². The molecule has 3 rings (SSSR count). The van der Waals surface area contributed by atoms with E-state index in [1.165, 1.54) is 24.5 Å². The van der Waals surface area contributed by atoms with Gasteiger partial charge < -0.3 is 4.57 Å². The molecule has 0 saturated carbocycles. The van der Waals surface area contributed by atoms with Gasteiger partial charge in [0, 0.05) is 12.4 Å². The summed E-state index contributed by atoms with van der Waals surface area (Å²) in [4.78, 5) is 12.3. The van der Waals surface area contributed by atoms with Gasteiger partial charge in [-0.3, -0.25) is 0 Å². The summed E-state index contributed by atoms with van der Waals surface area (Å²) in [6.45, 7) is 0.302. The molecule has 0 fully saturated rings. The third kappa shape index (κ3) is 2.39. The SMILES string of the molecule is Fc1ccc2nc(Cl)n(Cc3ncc(Cl)cn3)c2c1. The second kappa shape index (κ2) is 4.75. The number of fused-ring (bicyclic) bond motifs is 1. The second-order valence-electron chi connectivity index (χ2n) is 3.92. The molecule has 0 radical (unpaired) electrons. The standard InChI is InChI=1S/C12H7Cl2FN4/c13-7-4-16-11(17-5-7)6-19-10-3-8(15)1-2-9(10)18-12(19)14/h1-5H,6H2. The van der Waals surface area contributed by atoms with E-state index < -0.39 is 0 Å². The van der Waals surface area contributed by atoms with Crippen molar-refractivity contribution in [1.82, 2.24) is 19.5 Å². The minimum atomic E-state index is -0.345. The van der Waals surface area contributed by atoms with Gasteiger partial charge in [0.15, 0.2) is 0 Å². The van der Waals surface area contributed by atoms with Gasteiger partial charge in [-0.1, -0.05) is 11.6 Å². The van der Waals surface area contributed by atoms with Crippen molar-refractivity contribution in [2.45, 2.75) is 6.54 Å². The largest absolute Gasteiger partial charge is 0.307 e. The predicted octanol–water partition coefficient (Wildman–Crippen LogP) is 3.32. The molecule has 0 saturated heterocycles. The smallest absolute Gasteiger partial charge is 0.204 e. The van der Waals surface area contributed by atoms with Crippen LogP contribution in [0.5, 0.6) is 0 Å². The maximum absolute atomic E-state index is 13.3. The molecule has 0 aliphatic rings. The van der Waals surface area contributed by atoms with Crippen LogP contribution in [0.2, 0.25) is 10.3 Å². The fourth-order valence-electron chi connectivity index (χ4n) is 1.78. The molecule has 0 aliphatic carbocycles. The van der Waals surface area contributed by atoms with E-state index in [4.69, 9.17) is 23.2 Å². The van der Waals surface area contributed by atoms with E-state index in [0.717, 1.165) is 0 Å². The lowest BCUT2D eigenvalue weighted by Crippen LogP contribution is -2.04. The highest BCUT2D eigenvalue weighted by atomic mass is 35.5. The average Bonchev–Trinajstić information content (AvgIpc) is 2.69. The first-order valence-corrected chi connectivity index (χ1v) is 6.17. The third-order valence-corrected chi connectivity index (χ3v) is 3.12. The molecule has 0 spiro atoms. The fourth-order valence-corrected chi connectivity index (χ4v) is 2.12. The molecular weight excluding hydrogens is 290 g/mol. The monoisotopic (exact) mass is 296 g/mol. The van der Waals surface area contributed by atoms with Crippen molar-refractivity contribution in [3.63, 3.8) is 0 Å². The number of hydrogen-bond acceptors (Lipinski definition) is 3.